The first kappa shape index (κ1) is 9.74. The molecule has 3 heteroatoms. The van der Waals surface area contributed by atoms with Gasteiger partial charge in [-0.2, -0.15) is 0 Å². The zero-order chi connectivity index (χ0) is 9.64. The number of nitrogens with one attached hydrogen (secondary N) is 3. The van der Waals surface area contributed by atoms with Gasteiger partial charge in [0.15, 0.2) is 0 Å². The molecular formula is C11H19N3. The molecule has 2 heterocycles. The first-order valence-electron chi connectivity index (χ1n) is 5.51. The van der Waals surface area contributed by atoms with Crippen LogP contribution in [0.5, 0.6) is 0 Å². The highest BCUT2D eigenvalue weighted by molar-refractivity contribution is 5.03. The van der Waals surface area contributed by atoms with Gasteiger partial charge >= 0.3 is 0 Å². The minimum absolute atomic E-state index is 0.707. The van der Waals surface area contributed by atoms with Gasteiger partial charge < -0.3 is 15.6 Å². The Morgan fingerprint density at radius 1 is 1.50 bits per heavy atom. The fraction of sp³-hybridized carbons (Fsp3) is 0.636. The number of aromatic amines is 1. The zero-order valence-corrected chi connectivity index (χ0v) is 8.55. The van der Waals surface area contributed by atoms with Gasteiger partial charge in [-0.1, -0.05) is 0 Å². The molecule has 0 saturated carbocycles. The molecule has 0 aromatic carbocycles. The molecule has 1 atom stereocenters. The zero-order valence-electron chi connectivity index (χ0n) is 8.55. The maximum absolute atomic E-state index is 3.48. The second-order valence-corrected chi connectivity index (χ2v) is 3.94. The number of rotatable bonds is 5. The second-order valence-electron chi connectivity index (χ2n) is 3.94. The van der Waals surface area contributed by atoms with Crippen LogP contribution >= 0.6 is 0 Å². The average molecular weight is 193 g/mol. The van der Waals surface area contributed by atoms with E-state index in [9.17, 15) is 0 Å². The molecule has 0 aliphatic carbocycles. The van der Waals surface area contributed by atoms with Gasteiger partial charge in [0.1, 0.15) is 0 Å². The third-order valence-electron chi connectivity index (χ3n) is 2.79. The van der Waals surface area contributed by atoms with Crippen molar-refractivity contribution in [1.82, 2.24) is 15.6 Å². The normalized spacial score (nSPS) is 21.6. The van der Waals surface area contributed by atoms with Crippen LogP contribution in [0.15, 0.2) is 18.3 Å². The van der Waals surface area contributed by atoms with E-state index < -0.39 is 0 Å². The van der Waals surface area contributed by atoms with E-state index >= 15 is 0 Å². The monoisotopic (exact) mass is 193 g/mol. The Kier molecular flexibility index (Phi) is 3.60. The molecular weight excluding hydrogens is 174 g/mol. The highest BCUT2D eigenvalue weighted by Gasteiger charge is 2.12. The Morgan fingerprint density at radius 3 is 3.21 bits per heavy atom. The molecule has 0 bridgehead atoms. The van der Waals surface area contributed by atoms with Crippen LogP contribution in [0.2, 0.25) is 0 Å². The van der Waals surface area contributed by atoms with Crippen molar-refractivity contribution in [2.45, 2.75) is 25.3 Å². The molecule has 0 amide bonds. The van der Waals surface area contributed by atoms with E-state index in [2.05, 4.69) is 21.7 Å². The van der Waals surface area contributed by atoms with Crippen LogP contribution in [0, 0.1) is 0 Å². The van der Waals surface area contributed by atoms with Crippen LogP contribution in [-0.2, 0) is 6.42 Å². The summed E-state index contributed by atoms with van der Waals surface area (Å²) in [7, 11) is 0. The smallest absolute Gasteiger partial charge is 0.0192 e. The van der Waals surface area contributed by atoms with Crippen LogP contribution in [-0.4, -0.2) is 30.7 Å². The molecule has 3 N–H and O–H groups in total. The Balaban J connectivity index is 1.55. The molecule has 1 unspecified atom stereocenters. The Morgan fingerprint density at radius 2 is 2.50 bits per heavy atom. The minimum atomic E-state index is 0.707. The van der Waals surface area contributed by atoms with E-state index in [0.717, 1.165) is 19.5 Å². The lowest BCUT2D eigenvalue weighted by molar-refractivity contribution is 0.536. The fourth-order valence-corrected chi connectivity index (χ4v) is 1.95. The summed E-state index contributed by atoms with van der Waals surface area (Å²) in [5.41, 5.74) is 1.32. The quantitative estimate of drug-likeness (QED) is 0.608. The van der Waals surface area contributed by atoms with Gasteiger partial charge in [0.2, 0.25) is 0 Å². The fourth-order valence-electron chi connectivity index (χ4n) is 1.95. The maximum atomic E-state index is 3.48. The van der Waals surface area contributed by atoms with Crippen molar-refractivity contribution >= 4 is 0 Å². The molecule has 78 valence electrons. The molecule has 0 spiro atoms. The minimum Gasteiger partial charge on any atom is -0.365 e. The van der Waals surface area contributed by atoms with E-state index in [1.54, 1.807) is 0 Å². The third-order valence-corrected chi connectivity index (χ3v) is 2.79. The molecule has 1 aromatic heterocycles. The van der Waals surface area contributed by atoms with Crippen molar-refractivity contribution < 1.29 is 0 Å². The lowest BCUT2D eigenvalue weighted by atomic mass is 10.2. The predicted octanol–water partition coefficient (Wildman–Crippen LogP) is 0.899. The lowest BCUT2D eigenvalue weighted by Gasteiger charge is -2.10. The molecule has 1 aromatic rings. The van der Waals surface area contributed by atoms with Crippen LogP contribution in [0.1, 0.15) is 18.5 Å². The van der Waals surface area contributed by atoms with E-state index in [-0.39, 0.29) is 0 Å². The molecule has 1 saturated heterocycles. The molecule has 1 aliphatic heterocycles. The van der Waals surface area contributed by atoms with Gasteiger partial charge in [-0.15, -0.1) is 0 Å². The summed E-state index contributed by atoms with van der Waals surface area (Å²) in [6.45, 7) is 3.38. The van der Waals surface area contributed by atoms with Crippen molar-refractivity contribution in [2.24, 2.45) is 0 Å². The van der Waals surface area contributed by atoms with E-state index in [0.29, 0.717) is 6.04 Å². The predicted molar refractivity (Wildman–Crippen MR) is 58.4 cm³/mol. The molecule has 14 heavy (non-hydrogen) atoms. The highest BCUT2D eigenvalue weighted by atomic mass is 15.0. The molecule has 1 aliphatic rings. The van der Waals surface area contributed by atoms with Gasteiger partial charge in [-0.3, -0.25) is 0 Å². The van der Waals surface area contributed by atoms with Gasteiger partial charge in [0, 0.05) is 31.0 Å². The van der Waals surface area contributed by atoms with Crippen molar-refractivity contribution in [1.29, 1.82) is 0 Å². The maximum Gasteiger partial charge on any atom is 0.0192 e. The molecule has 1 fully saturated rings. The summed E-state index contributed by atoms with van der Waals surface area (Å²) < 4.78 is 0. The van der Waals surface area contributed by atoms with Crippen molar-refractivity contribution in [2.75, 3.05) is 19.6 Å². The van der Waals surface area contributed by atoms with Crippen LogP contribution in [0.25, 0.3) is 0 Å². The summed E-state index contributed by atoms with van der Waals surface area (Å²) in [6.07, 6.45) is 5.74. The van der Waals surface area contributed by atoms with E-state index in [1.807, 2.05) is 12.3 Å². The summed E-state index contributed by atoms with van der Waals surface area (Å²) in [4.78, 5) is 3.21. The lowest BCUT2D eigenvalue weighted by Crippen LogP contribution is -2.34. The van der Waals surface area contributed by atoms with Gasteiger partial charge in [-0.25, -0.2) is 0 Å². The second kappa shape index (κ2) is 5.17. The van der Waals surface area contributed by atoms with Gasteiger partial charge in [0.25, 0.3) is 0 Å². The summed E-state index contributed by atoms with van der Waals surface area (Å²) in [6, 6.07) is 4.89. The average Bonchev–Trinajstić information content (AvgIpc) is 2.86. The van der Waals surface area contributed by atoms with E-state index in [1.165, 1.54) is 25.1 Å². The van der Waals surface area contributed by atoms with Crippen molar-refractivity contribution in [3.05, 3.63) is 24.0 Å². The Bertz CT molecular complexity index is 237. The van der Waals surface area contributed by atoms with Gasteiger partial charge in [0.05, 0.1) is 0 Å². The first-order valence-corrected chi connectivity index (χ1v) is 5.51. The Hall–Kier alpha value is -0.800. The summed E-state index contributed by atoms with van der Waals surface area (Å²) in [5, 5.41) is 6.96. The number of hydrogen-bond acceptors (Lipinski definition) is 2. The molecule has 3 nitrogen and oxygen atoms in total. The topological polar surface area (TPSA) is 39.9 Å². The first-order chi connectivity index (χ1) is 6.95. The largest absolute Gasteiger partial charge is 0.365 e. The third kappa shape index (κ3) is 2.86. The molecule has 2 rings (SSSR count). The number of aromatic nitrogens is 1. The van der Waals surface area contributed by atoms with Crippen LogP contribution in [0.4, 0.5) is 0 Å². The summed E-state index contributed by atoms with van der Waals surface area (Å²) in [5.74, 6) is 0. The van der Waals surface area contributed by atoms with Crippen LogP contribution in [0.3, 0.4) is 0 Å². The van der Waals surface area contributed by atoms with E-state index in [4.69, 9.17) is 0 Å². The Labute approximate surface area is 85.3 Å². The van der Waals surface area contributed by atoms with Crippen molar-refractivity contribution in [3.63, 3.8) is 0 Å². The van der Waals surface area contributed by atoms with Crippen molar-refractivity contribution in [3.8, 4) is 0 Å². The summed E-state index contributed by atoms with van der Waals surface area (Å²) >= 11 is 0. The SMILES string of the molecule is c1c[nH]c(CCNCC2CCCN2)c1. The molecule has 0 radical (unpaired) electrons. The highest BCUT2D eigenvalue weighted by Crippen LogP contribution is 2.03. The standard InChI is InChI=1S/C11H19N3/c1-3-10(13-6-1)5-8-12-9-11-4-2-7-14-11/h1,3,6,11-14H,2,4-5,7-9H2. The van der Waals surface area contributed by atoms with Crippen LogP contribution < -0.4 is 10.6 Å². The number of hydrogen-bond donors (Lipinski definition) is 3. The van der Waals surface area contributed by atoms with Gasteiger partial charge in [-0.05, 0) is 37.9 Å². The number of H-pyrrole nitrogens is 1.